The van der Waals surface area contributed by atoms with Crippen LogP contribution in [0.25, 0.3) is 0 Å². The summed E-state index contributed by atoms with van der Waals surface area (Å²) in [6.07, 6.45) is 0. The molecule has 0 atom stereocenters. The minimum Gasteiger partial charge on any atom is -0.478 e. The predicted octanol–water partition coefficient (Wildman–Crippen LogP) is 0.449. The Labute approximate surface area is 121 Å². The third-order valence-corrected chi connectivity index (χ3v) is 2.48. The third kappa shape index (κ3) is 5.47. The van der Waals surface area contributed by atoms with Crippen molar-refractivity contribution in [1.29, 1.82) is 0 Å². The lowest BCUT2D eigenvalue weighted by Gasteiger charge is -1.98. The first-order chi connectivity index (χ1) is 9.91. The third-order valence-electron chi connectivity index (χ3n) is 2.48. The van der Waals surface area contributed by atoms with Gasteiger partial charge in [-0.15, -0.1) is 0 Å². The highest BCUT2D eigenvalue weighted by atomic mass is 16.4. The fourth-order valence-corrected chi connectivity index (χ4v) is 1.38. The topological polar surface area (TPSA) is 115 Å². The maximum atomic E-state index is 10.4. The Bertz CT molecular complexity index is 595. The van der Waals surface area contributed by atoms with Crippen molar-refractivity contribution in [2.75, 3.05) is 0 Å². The molecule has 7 heteroatoms. The molecule has 2 aromatic rings. The standard InChI is InChI=1S/C7H7BO4.C7H6O2/c9-7(10)5-1-3-6(4-2-5)8(11)12;8-7(9)6-4-2-1-3-5-6/h1-4,11-12H,(H,9,10);1-5H,(H,8,9). The Hall–Kier alpha value is -2.64. The van der Waals surface area contributed by atoms with Crippen molar-refractivity contribution in [1.82, 2.24) is 0 Å². The highest BCUT2D eigenvalue weighted by molar-refractivity contribution is 6.58. The van der Waals surface area contributed by atoms with E-state index in [1.54, 1.807) is 30.3 Å². The van der Waals surface area contributed by atoms with Crippen LogP contribution in [0.2, 0.25) is 0 Å². The van der Waals surface area contributed by atoms with Crippen LogP contribution in [0.3, 0.4) is 0 Å². The Balaban J connectivity index is 0.000000219. The lowest BCUT2D eigenvalue weighted by atomic mass is 9.80. The first-order valence-electron chi connectivity index (χ1n) is 5.89. The van der Waals surface area contributed by atoms with Gasteiger partial charge in [0.25, 0.3) is 0 Å². The van der Waals surface area contributed by atoms with Gasteiger partial charge < -0.3 is 20.3 Å². The molecule has 0 saturated carbocycles. The van der Waals surface area contributed by atoms with E-state index in [1.807, 2.05) is 0 Å². The second-order valence-corrected chi connectivity index (χ2v) is 3.97. The van der Waals surface area contributed by atoms with Gasteiger partial charge >= 0.3 is 19.1 Å². The van der Waals surface area contributed by atoms with Gasteiger partial charge in [-0.2, -0.15) is 0 Å². The molecule has 0 amide bonds. The summed E-state index contributed by atoms with van der Waals surface area (Å²) in [5.74, 6) is -1.91. The fraction of sp³-hybridized carbons (Fsp3) is 0. The van der Waals surface area contributed by atoms with Crippen LogP contribution in [-0.4, -0.2) is 39.3 Å². The molecule has 4 N–H and O–H groups in total. The molecule has 0 fully saturated rings. The lowest BCUT2D eigenvalue weighted by molar-refractivity contribution is 0.0686. The second kappa shape index (κ2) is 7.83. The van der Waals surface area contributed by atoms with Crippen LogP contribution in [0.5, 0.6) is 0 Å². The molecular weight excluding hydrogens is 275 g/mol. The van der Waals surface area contributed by atoms with Crippen LogP contribution >= 0.6 is 0 Å². The molecule has 0 heterocycles. The largest absolute Gasteiger partial charge is 0.488 e. The molecular formula is C14H13BO6. The Morgan fingerprint density at radius 3 is 1.48 bits per heavy atom. The van der Waals surface area contributed by atoms with Crippen LogP contribution in [-0.2, 0) is 0 Å². The number of aromatic carboxylic acids is 2. The van der Waals surface area contributed by atoms with Crippen LogP contribution < -0.4 is 5.46 Å². The SMILES string of the molecule is O=C(O)c1ccc(B(O)O)cc1.O=C(O)c1ccccc1. The van der Waals surface area contributed by atoms with Crippen molar-refractivity contribution in [2.24, 2.45) is 0 Å². The summed E-state index contributed by atoms with van der Waals surface area (Å²) in [5.41, 5.74) is 0.733. The average molecular weight is 288 g/mol. The molecule has 21 heavy (non-hydrogen) atoms. The number of carbonyl (C=O) groups is 2. The smallest absolute Gasteiger partial charge is 0.478 e. The summed E-state index contributed by atoms with van der Waals surface area (Å²) in [7, 11) is -1.55. The lowest BCUT2D eigenvalue weighted by Crippen LogP contribution is -2.29. The molecule has 0 aliphatic heterocycles. The minimum absolute atomic E-state index is 0.124. The molecule has 0 aromatic heterocycles. The number of rotatable bonds is 3. The Morgan fingerprint density at radius 1 is 0.714 bits per heavy atom. The maximum absolute atomic E-state index is 10.4. The van der Waals surface area contributed by atoms with Crippen LogP contribution in [0, 0.1) is 0 Å². The van der Waals surface area contributed by atoms with Crippen LogP contribution in [0.15, 0.2) is 54.6 Å². The molecule has 108 valence electrons. The molecule has 2 rings (SSSR count). The summed E-state index contributed by atoms with van der Waals surface area (Å²) in [6, 6.07) is 13.6. The van der Waals surface area contributed by atoms with E-state index in [1.165, 1.54) is 24.3 Å². The molecule has 0 radical (unpaired) electrons. The Kier molecular flexibility index (Phi) is 6.13. The van der Waals surface area contributed by atoms with Crippen molar-refractivity contribution in [3.63, 3.8) is 0 Å². The van der Waals surface area contributed by atoms with Crippen LogP contribution in [0.4, 0.5) is 0 Å². The summed E-state index contributed by atoms with van der Waals surface area (Å²) >= 11 is 0. The zero-order valence-corrected chi connectivity index (χ0v) is 10.9. The van der Waals surface area contributed by atoms with Crippen molar-refractivity contribution in [3.8, 4) is 0 Å². The summed E-state index contributed by atoms with van der Waals surface area (Å²) in [4.78, 5) is 20.6. The number of benzene rings is 2. The van der Waals surface area contributed by atoms with E-state index < -0.39 is 19.1 Å². The van der Waals surface area contributed by atoms with E-state index >= 15 is 0 Å². The molecule has 6 nitrogen and oxygen atoms in total. The number of carboxylic acids is 2. The van der Waals surface area contributed by atoms with Crippen LogP contribution in [0.1, 0.15) is 20.7 Å². The van der Waals surface area contributed by atoms with Gasteiger partial charge in [-0.1, -0.05) is 30.3 Å². The first-order valence-corrected chi connectivity index (χ1v) is 5.89. The van der Waals surface area contributed by atoms with Gasteiger partial charge in [-0.3, -0.25) is 0 Å². The van der Waals surface area contributed by atoms with Gasteiger partial charge in [0.1, 0.15) is 0 Å². The van der Waals surface area contributed by atoms with Crippen molar-refractivity contribution < 1.29 is 29.9 Å². The van der Waals surface area contributed by atoms with E-state index in [0.29, 0.717) is 5.56 Å². The number of hydrogen-bond donors (Lipinski definition) is 4. The predicted molar refractivity (Wildman–Crippen MR) is 76.6 cm³/mol. The van der Waals surface area contributed by atoms with Crippen molar-refractivity contribution in [2.45, 2.75) is 0 Å². The first kappa shape index (κ1) is 16.4. The van der Waals surface area contributed by atoms with Gasteiger partial charge in [0.2, 0.25) is 0 Å². The minimum atomic E-state index is -1.55. The zero-order chi connectivity index (χ0) is 15.8. The van der Waals surface area contributed by atoms with E-state index in [9.17, 15) is 9.59 Å². The van der Waals surface area contributed by atoms with Gasteiger partial charge in [-0.05, 0) is 29.7 Å². The molecule has 0 aliphatic rings. The molecule has 0 saturated heterocycles. The van der Waals surface area contributed by atoms with E-state index in [0.717, 1.165) is 0 Å². The average Bonchev–Trinajstić information content (AvgIpc) is 2.49. The highest BCUT2D eigenvalue weighted by Crippen LogP contribution is 1.96. The zero-order valence-electron chi connectivity index (χ0n) is 10.9. The molecule has 0 aliphatic carbocycles. The highest BCUT2D eigenvalue weighted by Gasteiger charge is 2.10. The van der Waals surface area contributed by atoms with Gasteiger partial charge in [-0.25, -0.2) is 9.59 Å². The fourth-order valence-electron chi connectivity index (χ4n) is 1.38. The maximum Gasteiger partial charge on any atom is 0.488 e. The van der Waals surface area contributed by atoms with Crippen molar-refractivity contribution in [3.05, 3.63) is 65.7 Å². The van der Waals surface area contributed by atoms with Gasteiger partial charge in [0.05, 0.1) is 11.1 Å². The molecule has 0 bridgehead atoms. The molecule has 2 aromatic carbocycles. The molecule has 0 spiro atoms. The quantitative estimate of drug-likeness (QED) is 0.609. The van der Waals surface area contributed by atoms with Crippen molar-refractivity contribution >= 4 is 24.5 Å². The normalized spacial score (nSPS) is 9.24. The van der Waals surface area contributed by atoms with Gasteiger partial charge in [0.15, 0.2) is 0 Å². The number of hydrogen-bond acceptors (Lipinski definition) is 4. The number of carboxylic acid groups (broad SMARTS) is 2. The Morgan fingerprint density at radius 2 is 1.14 bits per heavy atom. The monoisotopic (exact) mass is 288 g/mol. The summed E-state index contributed by atoms with van der Waals surface area (Å²) < 4.78 is 0. The summed E-state index contributed by atoms with van der Waals surface area (Å²) in [6.45, 7) is 0. The van der Waals surface area contributed by atoms with E-state index in [2.05, 4.69) is 0 Å². The van der Waals surface area contributed by atoms with Gasteiger partial charge in [0, 0.05) is 0 Å². The second-order valence-electron chi connectivity index (χ2n) is 3.97. The summed E-state index contributed by atoms with van der Waals surface area (Å²) in [5, 5.41) is 34.2. The molecule has 0 unspecified atom stereocenters. The van der Waals surface area contributed by atoms with E-state index in [-0.39, 0.29) is 11.0 Å². The van der Waals surface area contributed by atoms with E-state index in [4.69, 9.17) is 20.3 Å².